The van der Waals surface area contributed by atoms with Crippen LogP contribution in [0.2, 0.25) is 0 Å². The average Bonchev–Trinajstić information content (AvgIpc) is 2.71. The maximum absolute atomic E-state index is 12.4. The normalized spacial score (nSPS) is 11.1. The molecule has 0 aliphatic heterocycles. The zero-order valence-electron chi connectivity index (χ0n) is 17.2. The lowest BCUT2D eigenvalue weighted by molar-refractivity contribution is -0.138. The van der Waals surface area contributed by atoms with Gasteiger partial charge in [-0.25, -0.2) is 4.79 Å². The molecule has 2 rings (SSSR count). The smallest absolute Gasteiger partial charge is 0.387 e. The monoisotopic (exact) mass is 422 g/mol. The van der Waals surface area contributed by atoms with Crippen molar-refractivity contribution < 1.29 is 37.3 Å². The molecule has 0 N–H and O–H groups in total. The summed E-state index contributed by atoms with van der Waals surface area (Å²) in [5.41, 5.74) is 1.29. The third-order valence-electron chi connectivity index (χ3n) is 3.79. The summed E-state index contributed by atoms with van der Waals surface area (Å²) >= 11 is 0. The maximum atomic E-state index is 12.4. The Labute approximate surface area is 174 Å². The Bertz CT molecular complexity index is 880. The predicted octanol–water partition coefficient (Wildman–Crippen LogP) is 4.85. The molecule has 0 aliphatic rings. The number of halogens is 2. The minimum atomic E-state index is -2.96. The van der Waals surface area contributed by atoms with Crippen molar-refractivity contribution in [3.8, 4) is 23.0 Å². The Kier molecular flexibility index (Phi) is 8.46. The number of esters is 1. The van der Waals surface area contributed by atoms with Crippen molar-refractivity contribution in [1.82, 2.24) is 0 Å². The van der Waals surface area contributed by atoms with E-state index in [1.54, 1.807) is 24.3 Å². The van der Waals surface area contributed by atoms with E-state index in [-0.39, 0.29) is 24.2 Å². The van der Waals surface area contributed by atoms with E-state index < -0.39 is 12.6 Å². The summed E-state index contributed by atoms with van der Waals surface area (Å²) in [6, 6.07) is 9.60. The quantitative estimate of drug-likeness (QED) is 0.403. The van der Waals surface area contributed by atoms with Crippen LogP contribution in [0.15, 0.2) is 42.5 Å². The molecule has 6 nitrogen and oxygen atoms in total. The zero-order valence-corrected chi connectivity index (χ0v) is 17.2. The number of hydrogen-bond donors (Lipinski definition) is 0. The SMILES string of the molecule is COc1cc(/C=C/C(=O)OCc2ccc(OC(F)F)c(OC)c2)ccc1OC(C)C. The summed E-state index contributed by atoms with van der Waals surface area (Å²) in [5.74, 6) is 0.623. The number of carbonyl (C=O) groups is 1. The molecule has 162 valence electrons. The molecule has 0 unspecified atom stereocenters. The molecular formula is C22H24F2O6. The van der Waals surface area contributed by atoms with Crippen molar-refractivity contribution in [3.05, 3.63) is 53.6 Å². The van der Waals surface area contributed by atoms with Crippen molar-refractivity contribution in [2.45, 2.75) is 33.2 Å². The summed E-state index contributed by atoms with van der Waals surface area (Å²) in [6.45, 7) is 0.812. The lowest BCUT2D eigenvalue weighted by atomic mass is 10.2. The summed E-state index contributed by atoms with van der Waals surface area (Å²) in [6.07, 6.45) is 2.87. The maximum Gasteiger partial charge on any atom is 0.387 e. The zero-order chi connectivity index (χ0) is 22.1. The molecule has 0 saturated carbocycles. The highest BCUT2D eigenvalue weighted by Gasteiger charge is 2.12. The molecule has 0 saturated heterocycles. The van der Waals surface area contributed by atoms with Crippen molar-refractivity contribution >= 4 is 12.0 Å². The summed E-state index contributed by atoms with van der Waals surface area (Å²) < 4.78 is 50.3. The molecule has 30 heavy (non-hydrogen) atoms. The van der Waals surface area contributed by atoms with Crippen molar-refractivity contribution in [1.29, 1.82) is 0 Å². The van der Waals surface area contributed by atoms with E-state index >= 15 is 0 Å². The molecule has 2 aromatic carbocycles. The highest BCUT2D eigenvalue weighted by molar-refractivity contribution is 5.87. The van der Waals surface area contributed by atoms with Crippen LogP contribution >= 0.6 is 0 Å². The molecule has 0 heterocycles. The van der Waals surface area contributed by atoms with E-state index in [1.807, 2.05) is 13.8 Å². The number of carbonyl (C=O) groups excluding carboxylic acids is 1. The van der Waals surface area contributed by atoms with E-state index in [1.165, 1.54) is 38.5 Å². The fourth-order valence-corrected chi connectivity index (χ4v) is 2.50. The Morgan fingerprint density at radius 1 is 0.933 bits per heavy atom. The van der Waals surface area contributed by atoms with Gasteiger partial charge in [-0.15, -0.1) is 0 Å². The second-order valence-electron chi connectivity index (χ2n) is 6.38. The fraction of sp³-hybridized carbons (Fsp3) is 0.318. The van der Waals surface area contributed by atoms with Crippen LogP contribution < -0.4 is 18.9 Å². The van der Waals surface area contributed by atoms with Gasteiger partial charge >= 0.3 is 12.6 Å². The third kappa shape index (κ3) is 6.95. The average molecular weight is 422 g/mol. The first kappa shape index (κ1) is 23.0. The predicted molar refractivity (Wildman–Crippen MR) is 107 cm³/mol. The molecule has 0 atom stereocenters. The lowest BCUT2D eigenvalue weighted by Crippen LogP contribution is -2.06. The summed E-state index contributed by atoms with van der Waals surface area (Å²) in [7, 11) is 2.87. The van der Waals surface area contributed by atoms with Crippen molar-refractivity contribution in [3.63, 3.8) is 0 Å². The Balaban J connectivity index is 1.98. The first-order chi connectivity index (χ1) is 14.3. The molecule has 0 aliphatic carbocycles. The third-order valence-corrected chi connectivity index (χ3v) is 3.79. The van der Waals surface area contributed by atoms with E-state index in [9.17, 15) is 13.6 Å². The van der Waals surface area contributed by atoms with Crippen LogP contribution in [0.1, 0.15) is 25.0 Å². The topological polar surface area (TPSA) is 63.2 Å². The minimum Gasteiger partial charge on any atom is -0.493 e. The first-order valence-electron chi connectivity index (χ1n) is 9.13. The first-order valence-corrected chi connectivity index (χ1v) is 9.13. The van der Waals surface area contributed by atoms with Crippen LogP contribution in [-0.2, 0) is 16.1 Å². The van der Waals surface area contributed by atoms with Gasteiger partial charge in [-0.2, -0.15) is 8.78 Å². The molecule has 0 bridgehead atoms. The van der Waals surface area contributed by atoms with Crippen LogP contribution in [-0.4, -0.2) is 32.9 Å². The lowest BCUT2D eigenvalue weighted by Gasteiger charge is -2.13. The van der Waals surface area contributed by atoms with E-state index in [2.05, 4.69) is 4.74 Å². The summed E-state index contributed by atoms with van der Waals surface area (Å²) in [5, 5.41) is 0. The number of ether oxygens (including phenoxy) is 5. The fourth-order valence-electron chi connectivity index (χ4n) is 2.50. The highest BCUT2D eigenvalue weighted by Crippen LogP contribution is 2.30. The minimum absolute atomic E-state index is 0.00453. The van der Waals surface area contributed by atoms with Crippen molar-refractivity contribution in [2.75, 3.05) is 14.2 Å². The van der Waals surface area contributed by atoms with Crippen LogP contribution in [0.5, 0.6) is 23.0 Å². The van der Waals surface area contributed by atoms with Gasteiger partial charge in [-0.3, -0.25) is 0 Å². The molecular weight excluding hydrogens is 398 g/mol. The van der Waals surface area contributed by atoms with Gasteiger partial charge in [0.05, 0.1) is 20.3 Å². The van der Waals surface area contributed by atoms with Gasteiger partial charge in [-0.1, -0.05) is 12.1 Å². The largest absolute Gasteiger partial charge is 0.493 e. The van der Waals surface area contributed by atoms with Crippen LogP contribution in [0.3, 0.4) is 0 Å². The number of hydrogen-bond acceptors (Lipinski definition) is 6. The van der Waals surface area contributed by atoms with E-state index in [0.717, 1.165) is 5.56 Å². The Morgan fingerprint density at radius 2 is 1.57 bits per heavy atom. The van der Waals surface area contributed by atoms with Gasteiger partial charge in [-0.05, 0) is 55.3 Å². The van der Waals surface area contributed by atoms with Gasteiger partial charge in [0.1, 0.15) is 6.61 Å². The second kappa shape index (κ2) is 11.0. The van der Waals surface area contributed by atoms with Gasteiger partial charge in [0.2, 0.25) is 0 Å². The molecule has 0 amide bonds. The van der Waals surface area contributed by atoms with Gasteiger partial charge in [0.25, 0.3) is 0 Å². The summed E-state index contributed by atoms with van der Waals surface area (Å²) in [4.78, 5) is 12.0. The number of benzene rings is 2. The van der Waals surface area contributed by atoms with Crippen molar-refractivity contribution in [2.24, 2.45) is 0 Å². The molecule has 2 aromatic rings. The van der Waals surface area contributed by atoms with Crippen LogP contribution in [0.25, 0.3) is 6.08 Å². The van der Waals surface area contributed by atoms with E-state index in [4.69, 9.17) is 18.9 Å². The molecule has 0 radical (unpaired) electrons. The Hall–Kier alpha value is -3.29. The van der Waals surface area contributed by atoms with Gasteiger partial charge in [0.15, 0.2) is 23.0 Å². The molecule has 0 spiro atoms. The number of methoxy groups -OCH3 is 2. The second-order valence-corrected chi connectivity index (χ2v) is 6.38. The standard InChI is InChI=1S/C22H24F2O6/c1-14(2)29-17-8-5-15(11-19(17)26-3)7-10-21(25)28-13-16-6-9-18(30-22(23)24)20(12-16)27-4/h5-12,14,22H,13H2,1-4H3/b10-7+. The van der Waals surface area contributed by atoms with Gasteiger partial charge in [0, 0.05) is 6.08 Å². The Morgan fingerprint density at radius 3 is 2.20 bits per heavy atom. The molecule has 8 heteroatoms. The van der Waals surface area contributed by atoms with E-state index in [0.29, 0.717) is 17.1 Å². The number of rotatable bonds is 10. The number of alkyl halides is 2. The molecule has 0 aromatic heterocycles. The van der Waals surface area contributed by atoms with Gasteiger partial charge < -0.3 is 23.7 Å². The van der Waals surface area contributed by atoms with Crippen LogP contribution in [0.4, 0.5) is 8.78 Å². The highest BCUT2D eigenvalue weighted by atomic mass is 19.3. The molecule has 0 fully saturated rings. The van der Waals surface area contributed by atoms with Crippen LogP contribution in [0, 0.1) is 0 Å².